The molecule has 3 N–H and O–H groups in total. The number of nitrogens with one attached hydrogen (secondary N) is 1. The van der Waals surface area contributed by atoms with Crippen molar-refractivity contribution in [3.63, 3.8) is 0 Å². The maximum Gasteiger partial charge on any atom is 0.257 e. The molecule has 1 rings (SSSR count). The smallest absolute Gasteiger partial charge is 0.257 e. The van der Waals surface area contributed by atoms with Gasteiger partial charge in [-0.3, -0.25) is 4.79 Å². The third kappa shape index (κ3) is 4.76. The van der Waals surface area contributed by atoms with Crippen LogP contribution in [0.15, 0.2) is 18.2 Å². The van der Waals surface area contributed by atoms with Crippen LogP contribution in [0.5, 0.6) is 5.75 Å². The molecule has 0 aliphatic rings. The molecule has 1 amide bonds. The van der Waals surface area contributed by atoms with E-state index in [0.717, 1.165) is 12.8 Å². The number of hydrogen-bond donors (Lipinski definition) is 2. The highest BCUT2D eigenvalue weighted by atomic mass is 16.5. The molecular formula is C16H26N2O2. The van der Waals surface area contributed by atoms with Crippen molar-refractivity contribution in [2.24, 2.45) is 0 Å². The summed E-state index contributed by atoms with van der Waals surface area (Å²) in [5.41, 5.74) is 6.74. The largest absolute Gasteiger partial charge is 0.496 e. The zero-order valence-corrected chi connectivity index (χ0v) is 12.7. The van der Waals surface area contributed by atoms with Gasteiger partial charge in [-0.2, -0.15) is 0 Å². The van der Waals surface area contributed by atoms with E-state index in [1.54, 1.807) is 25.3 Å². The summed E-state index contributed by atoms with van der Waals surface area (Å²) in [5, 5.41) is 2.99. The summed E-state index contributed by atoms with van der Waals surface area (Å²) >= 11 is 0. The first-order valence-electron chi connectivity index (χ1n) is 7.33. The fourth-order valence-corrected chi connectivity index (χ4v) is 2.21. The van der Waals surface area contributed by atoms with Crippen molar-refractivity contribution in [3.05, 3.63) is 23.8 Å². The van der Waals surface area contributed by atoms with Crippen LogP contribution in [0.25, 0.3) is 0 Å². The van der Waals surface area contributed by atoms with E-state index < -0.39 is 0 Å². The Morgan fingerprint density at radius 3 is 2.75 bits per heavy atom. The Kier molecular flexibility index (Phi) is 6.91. The highest BCUT2D eigenvalue weighted by Crippen LogP contribution is 2.24. The van der Waals surface area contributed by atoms with Crippen molar-refractivity contribution in [1.82, 2.24) is 5.32 Å². The Hall–Kier alpha value is -1.71. The van der Waals surface area contributed by atoms with Gasteiger partial charge in [0.15, 0.2) is 0 Å². The number of ether oxygens (including phenoxy) is 1. The van der Waals surface area contributed by atoms with Crippen LogP contribution in [-0.4, -0.2) is 19.1 Å². The van der Waals surface area contributed by atoms with Gasteiger partial charge in [-0.1, -0.05) is 38.7 Å². The van der Waals surface area contributed by atoms with Crippen molar-refractivity contribution in [2.45, 2.75) is 52.0 Å². The van der Waals surface area contributed by atoms with Crippen LogP contribution >= 0.6 is 0 Å². The number of methoxy groups -OCH3 is 1. The van der Waals surface area contributed by atoms with Crippen LogP contribution in [0.2, 0.25) is 0 Å². The lowest BCUT2D eigenvalue weighted by atomic mass is 10.1. The molecule has 0 fully saturated rings. The first-order valence-corrected chi connectivity index (χ1v) is 7.33. The van der Waals surface area contributed by atoms with Gasteiger partial charge in [-0.25, -0.2) is 0 Å². The second-order valence-electron chi connectivity index (χ2n) is 5.15. The molecule has 112 valence electrons. The molecule has 1 aromatic carbocycles. The van der Waals surface area contributed by atoms with Gasteiger partial charge in [0, 0.05) is 11.7 Å². The number of nitrogen functional groups attached to an aromatic ring is 1. The van der Waals surface area contributed by atoms with Gasteiger partial charge in [0.1, 0.15) is 11.3 Å². The van der Waals surface area contributed by atoms with Gasteiger partial charge in [-0.05, 0) is 25.5 Å². The van der Waals surface area contributed by atoms with E-state index >= 15 is 0 Å². The van der Waals surface area contributed by atoms with E-state index in [9.17, 15) is 4.79 Å². The molecule has 0 heterocycles. The fourth-order valence-electron chi connectivity index (χ4n) is 2.21. The number of carbonyl (C=O) groups is 1. The number of unbranched alkanes of at least 4 members (excludes halogenated alkanes) is 3. The molecule has 0 aliphatic heterocycles. The molecule has 1 atom stereocenters. The Bertz CT molecular complexity index is 432. The predicted molar refractivity (Wildman–Crippen MR) is 83.1 cm³/mol. The Labute approximate surface area is 121 Å². The molecule has 20 heavy (non-hydrogen) atoms. The lowest BCUT2D eigenvalue weighted by Crippen LogP contribution is -2.33. The van der Waals surface area contributed by atoms with E-state index in [-0.39, 0.29) is 11.9 Å². The molecule has 0 saturated carbocycles. The topological polar surface area (TPSA) is 64.4 Å². The van der Waals surface area contributed by atoms with E-state index in [1.165, 1.54) is 19.3 Å². The fraction of sp³-hybridized carbons (Fsp3) is 0.562. The van der Waals surface area contributed by atoms with E-state index in [4.69, 9.17) is 10.5 Å². The van der Waals surface area contributed by atoms with Crippen LogP contribution in [0.4, 0.5) is 5.69 Å². The summed E-state index contributed by atoms with van der Waals surface area (Å²) in [4.78, 5) is 12.3. The number of anilines is 1. The summed E-state index contributed by atoms with van der Waals surface area (Å²) in [5.74, 6) is 0.351. The maximum atomic E-state index is 12.3. The average Bonchev–Trinajstić information content (AvgIpc) is 2.43. The van der Waals surface area contributed by atoms with E-state index in [0.29, 0.717) is 17.0 Å². The van der Waals surface area contributed by atoms with Crippen molar-refractivity contribution in [2.75, 3.05) is 12.8 Å². The molecule has 0 spiro atoms. The van der Waals surface area contributed by atoms with Crippen molar-refractivity contribution < 1.29 is 9.53 Å². The second kappa shape index (κ2) is 8.46. The Morgan fingerprint density at radius 2 is 2.10 bits per heavy atom. The minimum absolute atomic E-state index is 0.142. The Balaban J connectivity index is 2.58. The van der Waals surface area contributed by atoms with Crippen LogP contribution in [0, 0.1) is 0 Å². The van der Waals surface area contributed by atoms with Crippen LogP contribution in [0.3, 0.4) is 0 Å². The molecule has 4 nitrogen and oxygen atoms in total. The third-order valence-corrected chi connectivity index (χ3v) is 3.37. The summed E-state index contributed by atoms with van der Waals surface area (Å²) in [6, 6.07) is 5.38. The monoisotopic (exact) mass is 278 g/mol. The van der Waals surface area contributed by atoms with Crippen LogP contribution in [-0.2, 0) is 0 Å². The molecule has 0 bridgehead atoms. The minimum atomic E-state index is -0.164. The zero-order chi connectivity index (χ0) is 15.0. The predicted octanol–water partition coefficient (Wildman–Crippen LogP) is 3.37. The van der Waals surface area contributed by atoms with Gasteiger partial charge in [-0.15, -0.1) is 0 Å². The lowest BCUT2D eigenvalue weighted by Gasteiger charge is -2.16. The molecular weight excluding hydrogens is 252 g/mol. The van der Waals surface area contributed by atoms with Crippen molar-refractivity contribution >= 4 is 11.6 Å². The van der Waals surface area contributed by atoms with Gasteiger partial charge in [0.25, 0.3) is 5.91 Å². The Morgan fingerprint density at radius 1 is 1.35 bits per heavy atom. The molecule has 1 unspecified atom stereocenters. The number of rotatable bonds is 8. The normalized spacial score (nSPS) is 11.9. The molecule has 4 heteroatoms. The number of amides is 1. The summed E-state index contributed by atoms with van der Waals surface area (Å²) < 4.78 is 5.20. The highest BCUT2D eigenvalue weighted by molar-refractivity contribution is 6.02. The standard InChI is InChI=1S/C16H26N2O2/c1-4-5-6-7-9-12(2)18-16(19)15-13(17)10-8-11-14(15)20-3/h8,10-12H,4-7,9,17H2,1-3H3,(H,18,19). The number of carbonyl (C=O) groups excluding carboxylic acids is 1. The maximum absolute atomic E-state index is 12.3. The van der Waals surface area contributed by atoms with Crippen LogP contribution in [0.1, 0.15) is 56.3 Å². The first kappa shape index (κ1) is 16.3. The molecule has 1 aromatic rings. The lowest BCUT2D eigenvalue weighted by molar-refractivity contribution is 0.0936. The summed E-state index contributed by atoms with van der Waals surface area (Å²) in [7, 11) is 1.54. The van der Waals surface area contributed by atoms with Crippen molar-refractivity contribution in [1.29, 1.82) is 0 Å². The summed E-state index contributed by atoms with van der Waals surface area (Å²) in [6.45, 7) is 4.21. The highest BCUT2D eigenvalue weighted by Gasteiger charge is 2.17. The number of hydrogen-bond acceptors (Lipinski definition) is 3. The third-order valence-electron chi connectivity index (χ3n) is 3.37. The average molecular weight is 278 g/mol. The van der Waals surface area contributed by atoms with Gasteiger partial charge < -0.3 is 15.8 Å². The van der Waals surface area contributed by atoms with Gasteiger partial charge in [0.05, 0.1) is 7.11 Å². The van der Waals surface area contributed by atoms with E-state index in [1.807, 2.05) is 6.92 Å². The minimum Gasteiger partial charge on any atom is -0.496 e. The van der Waals surface area contributed by atoms with Crippen molar-refractivity contribution in [3.8, 4) is 5.75 Å². The second-order valence-corrected chi connectivity index (χ2v) is 5.15. The quantitative estimate of drug-likeness (QED) is 0.566. The molecule has 0 saturated heterocycles. The van der Waals surface area contributed by atoms with Gasteiger partial charge >= 0.3 is 0 Å². The summed E-state index contributed by atoms with van der Waals surface area (Å²) in [6.07, 6.45) is 5.81. The zero-order valence-electron chi connectivity index (χ0n) is 12.7. The SMILES string of the molecule is CCCCCCC(C)NC(=O)c1c(N)cccc1OC. The van der Waals surface area contributed by atoms with Crippen LogP contribution < -0.4 is 15.8 Å². The van der Waals surface area contributed by atoms with Gasteiger partial charge in [0.2, 0.25) is 0 Å². The van der Waals surface area contributed by atoms with E-state index in [2.05, 4.69) is 12.2 Å². The molecule has 0 aromatic heterocycles. The number of benzene rings is 1. The molecule has 0 radical (unpaired) electrons. The number of nitrogens with two attached hydrogens (primary N) is 1. The first-order chi connectivity index (χ1) is 9.60. The molecule has 0 aliphatic carbocycles.